The Bertz CT molecular complexity index is 340. The van der Waals surface area contributed by atoms with Crippen LogP contribution in [-0.4, -0.2) is 79.6 Å². The molecule has 0 aromatic rings. The second kappa shape index (κ2) is 6.23. The largest absolute Gasteiger partial charge is 0.468 e. The van der Waals surface area contributed by atoms with E-state index in [1.807, 2.05) is 4.90 Å². The number of amides is 2. The molecule has 6 heteroatoms. The van der Waals surface area contributed by atoms with E-state index in [1.54, 1.807) is 4.90 Å². The van der Waals surface area contributed by atoms with Crippen molar-refractivity contribution in [1.82, 2.24) is 14.7 Å². The Kier molecular flexibility index (Phi) is 4.63. The molecule has 2 rings (SSSR count). The summed E-state index contributed by atoms with van der Waals surface area (Å²) < 4.78 is 4.64. The van der Waals surface area contributed by atoms with E-state index < -0.39 is 0 Å². The summed E-state index contributed by atoms with van der Waals surface area (Å²) in [5.41, 5.74) is 0. The molecule has 2 amide bonds. The number of hydrogen-bond donors (Lipinski definition) is 0. The van der Waals surface area contributed by atoms with E-state index in [0.717, 1.165) is 38.9 Å². The van der Waals surface area contributed by atoms with Gasteiger partial charge in [0.1, 0.15) is 6.54 Å². The molecule has 0 aromatic carbocycles. The molecule has 19 heavy (non-hydrogen) atoms. The number of hydrogen-bond acceptors (Lipinski definition) is 4. The van der Waals surface area contributed by atoms with Crippen LogP contribution in [0.1, 0.15) is 19.3 Å². The molecule has 2 fully saturated rings. The van der Waals surface area contributed by atoms with Gasteiger partial charge in [0.15, 0.2) is 0 Å². The van der Waals surface area contributed by atoms with Crippen LogP contribution in [0.3, 0.4) is 0 Å². The van der Waals surface area contributed by atoms with Gasteiger partial charge in [-0.2, -0.15) is 0 Å². The van der Waals surface area contributed by atoms with Gasteiger partial charge in [-0.15, -0.1) is 0 Å². The van der Waals surface area contributed by atoms with E-state index in [0.29, 0.717) is 12.6 Å². The number of nitrogens with zero attached hydrogens (tertiary/aromatic N) is 3. The maximum absolute atomic E-state index is 12.4. The average Bonchev–Trinajstić information content (AvgIpc) is 2.42. The van der Waals surface area contributed by atoms with E-state index in [9.17, 15) is 9.59 Å². The molecule has 2 aliphatic heterocycles. The van der Waals surface area contributed by atoms with Crippen LogP contribution in [0, 0.1) is 0 Å². The lowest BCUT2D eigenvalue weighted by Gasteiger charge is -2.42. The average molecular weight is 269 g/mol. The number of carbonyl (C=O) groups excluding carboxylic acids is 2. The third kappa shape index (κ3) is 3.37. The number of likely N-dealkylation sites (tertiary alicyclic amines) is 1. The van der Waals surface area contributed by atoms with Crippen LogP contribution in [0.4, 0.5) is 4.79 Å². The number of carbonyl (C=O) groups is 2. The summed E-state index contributed by atoms with van der Waals surface area (Å²) in [6, 6.07) is 0.315. The molecule has 0 aromatic heterocycles. The molecular formula is C13H23N3O3. The lowest BCUT2D eigenvalue weighted by molar-refractivity contribution is -0.141. The van der Waals surface area contributed by atoms with Gasteiger partial charge in [0.05, 0.1) is 7.11 Å². The second-order valence-corrected chi connectivity index (χ2v) is 5.36. The lowest BCUT2D eigenvalue weighted by Crippen LogP contribution is -2.56. The van der Waals surface area contributed by atoms with Crippen molar-refractivity contribution in [2.75, 3.05) is 46.9 Å². The molecule has 2 saturated heterocycles. The highest BCUT2D eigenvalue weighted by Crippen LogP contribution is 2.20. The van der Waals surface area contributed by atoms with Crippen LogP contribution in [0.2, 0.25) is 0 Å². The normalized spacial score (nSPS) is 22.7. The predicted octanol–water partition coefficient (Wildman–Crippen LogP) is 0.381. The first kappa shape index (κ1) is 14.1. The van der Waals surface area contributed by atoms with Crippen molar-refractivity contribution in [3.05, 3.63) is 0 Å². The van der Waals surface area contributed by atoms with Crippen LogP contribution < -0.4 is 0 Å². The Morgan fingerprint density at radius 3 is 2.58 bits per heavy atom. The van der Waals surface area contributed by atoms with Crippen molar-refractivity contribution < 1.29 is 14.3 Å². The van der Waals surface area contributed by atoms with Crippen molar-refractivity contribution in [2.24, 2.45) is 0 Å². The Balaban J connectivity index is 1.94. The van der Waals surface area contributed by atoms with Crippen LogP contribution in [-0.2, 0) is 9.53 Å². The minimum atomic E-state index is -0.349. The molecule has 0 N–H and O–H groups in total. The lowest BCUT2D eigenvalue weighted by atomic mass is 10.0. The minimum Gasteiger partial charge on any atom is -0.468 e. The molecule has 6 nitrogen and oxygen atoms in total. The van der Waals surface area contributed by atoms with Crippen molar-refractivity contribution >= 4 is 12.0 Å². The van der Waals surface area contributed by atoms with Crippen LogP contribution in [0.15, 0.2) is 0 Å². The maximum Gasteiger partial charge on any atom is 0.325 e. The monoisotopic (exact) mass is 269 g/mol. The zero-order chi connectivity index (χ0) is 13.8. The molecule has 0 spiro atoms. The summed E-state index contributed by atoms with van der Waals surface area (Å²) >= 11 is 0. The fourth-order valence-corrected chi connectivity index (χ4v) is 2.82. The standard InChI is InChI=1S/C13H23N3O3/c1-14-8-4-11(5-9-14)16-7-3-6-15(13(16)18)10-12(17)19-2/h11H,3-10H2,1-2H3. The molecule has 0 radical (unpaired) electrons. The predicted molar refractivity (Wildman–Crippen MR) is 70.8 cm³/mol. The summed E-state index contributed by atoms with van der Waals surface area (Å²) in [5.74, 6) is -0.349. The maximum atomic E-state index is 12.4. The summed E-state index contributed by atoms with van der Waals surface area (Å²) in [4.78, 5) is 29.5. The Hall–Kier alpha value is -1.30. The third-order valence-corrected chi connectivity index (χ3v) is 4.02. The van der Waals surface area contributed by atoms with Gasteiger partial charge in [0, 0.05) is 19.1 Å². The topological polar surface area (TPSA) is 53.1 Å². The Labute approximate surface area is 114 Å². The van der Waals surface area contributed by atoms with Gasteiger partial charge in [0.2, 0.25) is 0 Å². The van der Waals surface area contributed by atoms with Gasteiger partial charge in [-0.25, -0.2) is 4.79 Å². The summed E-state index contributed by atoms with van der Waals surface area (Å²) in [5, 5.41) is 0. The number of urea groups is 1. The first-order chi connectivity index (χ1) is 9.11. The number of methoxy groups -OCH3 is 1. The van der Waals surface area contributed by atoms with Crippen molar-refractivity contribution in [2.45, 2.75) is 25.3 Å². The van der Waals surface area contributed by atoms with E-state index in [1.165, 1.54) is 7.11 Å². The summed E-state index contributed by atoms with van der Waals surface area (Å²) in [6.45, 7) is 3.59. The number of ether oxygens (including phenoxy) is 1. The van der Waals surface area contributed by atoms with Crippen molar-refractivity contribution in [3.8, 4) is 0 Å². The minimum absolute atomic E-state index is 0.00815. The molecule has 2 heterocycles. The fraction of sp³-hybridized carbons (Fsp3) is 0.846. The van der Waals surface area contributed by atoms with Gasteiger partial charge >= 0.3 is 12.0 Å². The third-order valence-electron chi connectivity index (χ3n) is 4.02. The first-order valence-electron chi connectivity index (χ1n) is 6.92. The van der Waals surface area contributed by atoms with E-state index >= 15 is 0 Å². The highest BCUT2D eigenvalue weighted by Gasteiger charge is 2.33. The Morgan fingerprint density at radius 2 is 1.95 bits per heavy atom. The summed E-state index contributed by atoms with van der Waals surface area (Å²) in [6.07, 6.45) is 2.97. The van der Waals surface area contributed by atoms with Gasteiger partial charge in [-0.1, -0.05) is 0 Å². The van der Waals surface area contributed by atoms with Crippen molar-refractivity contribution in [3.63, 3.8) is 0 Å². The first-order valence-corrected chi connectivity index (χ1v) is 6.92. The van der Waals surface area contributed by atoms with Crippen LogP contribution in [0.5, 0.6) is 0 Å². The van der Waals surface area contributed by atoms with Gasteiger partial charge in [-0.05, 0) is 39.4 Å². The molecule has 0 bridgehead atoms. The van der Waals surface area contributed by atoms with Crippen LogP contribution in [0.25, 0.3) is 0 Å². The van der Waals surface area contributed by atoms with E-state index in [-0.39, 0.29) is 18.5 Å². The van der Waals surface area contributed by atoms with Crippen molar-refractivity contribution in [1.29, 1.82) is 0 Å². The van der Waals surface area contributed by atoms with E-state index in [4.69, 9.17) is 0 Å². The quantitative estimate of drug-likeness (QED) is 0.695. The summed E-state index contributed by atoms with van der Waals surface area (Å²) in [7, 11) is 3.46. The zero-order valence-corrected chi connectivity index (χ0v) is 11.8. The molecular weight excluding hydrogens is 246 g/mol. The van der Waals surface area contributed by atoms with E-state index in [2.05, 4.69) is 16.7 Å². The van der Waals surface area contributed by atoms with Gasteiger partial charge < -0.3 is 19.4 Å². The SMILES string of the molecule is COC(=O)CN1CCCN(C2CCN(C)CC2)C1=O. The second-order valence-electron chi connectivity index (χ2n) is 5.36. The van der Waals surface area contributed by atoms with Gasteiger partial charge in [-0.3, -0.25) is 4.79 Å². The molecule has 2 aliphatic rings. The fourth-order valence-electron chi connectivity index (χ4n) is 2.82. The highest BCUT2D eigenvalue weighted by molar-refractivity contribution is 5.81. The number of rotatable bonds is 3. The smallest absolute Gasteiger partial charge is 0.325 e. The molecule has 0 saturated carbocycles. The van der Waals surface area contributed by atoms with Crippen LogP contribution >= 0.6 is 0 Å². The number of piperidine rings is 1. The molecule has 108 valence electrons. The Morgan fingerprint density at radius 1 is 1.26 bits per heavy atom. The number of esters is 1. The molecule has 0 atom stereocenters. The van der Waals surface area contributed by atoms with Gasteiger partial charge in [0.25, 0.3) is 0 Å². The highest BCUT2D eigenvalue weighted by atomic mass is 16.5. The molecule has 0 aliphatic carbocycles. The molecule has 0 unspecified atom stereocenters. The zero-order valence-electron chi connectivity index (χ0n) is 11.8.